The van der Waals surface area contributed by atoms with Crippen molar-refractivity contribution in [1.82, 2.24) is 4.98 Å². The van der Waals surface area contributed by atoms with E-state index in [-0.39, 0.29) is 0 Å². The fraction of sp³-hybridized carbons (Fsp3) is 0.267. The highest BCUT2D eigenvalue weighted by Crippen LogP contribution is 2.30. The van der Waals surface area contributed by atoms with Crippen molar-refractivity contribution in [3.63, 3.8) is 0 Å². The summed E-state index contributed by atoms with van der Waals surface area (Å²) < 4.78 is 6.43. The van der Waals surface area contributed by atoms with E-state index in [0.29, 0.717) is 18.1 Å². The molecule has 20 heavy (non-hydrogen) atoms. The molecule has 0 amide bonds. The Labute approximate surface area is 131 Å². The van der Waals surface area contributed by atoms with Crippen LogP contribution in [0.5, 0.6) is 5.75 Å². The van der Waals surface area contributed by atoms with Crippen molar-refractivity contribution >= 4 is 27.7 Å². The van der Waals surface area contributed by atoms with Gasteiger partial charge in [-0.25, -0.2) is 0 Å². The highest BCUT2D eigenvalue weighted by Gasteiger charge is 2.11. The molecule has 2 aromatic rings. The summed E-state index contributed by atoms with van der Waals surface area (Å²) in [5.74, 6) is 1.26. The number of hydrogen-bond acceptors (Lipinski definition) is 4. The fourth-order valence-electron chi connectivity index (χ4n) is 1.69. The van der Waals surface area contributed by atoms with Crippen molar-refractivity contribution in [2.24, 2.45) is 0 Å². The van der Waals surface area contributed by atoms with Crippen molar-refractivity contribution in [2.45, 2.75) is 17.9 Å². The smallest absolute Gasteiger partial charge is 0.137 e. The number of aromatic nitrogens is 1. The van der Waals surface area contributed by atoms with Gasteiger partial charge in [0.15, 0.2) is 0 Å². The Kier molecular flexibility index (Phi) is 5.88. The number of halogens is 1. The Morgan fingerprint density at radius 3 is 2.90 bits per heavy atom. The minimum absolute atomic E-state index is 0.569. The van der Waals surface area contributed by atoms with Gasteiger partial charge in [0.25, 0.3) is 0 Å². The van der Waals surface area contributed by atoms with Gasteiger partial charge < -0.3 is 9.84 Å². The zero-order valence-electron chi connectivity index (χ0n) is 11.1. The lowest BCUT2D eigenvalue weighted by Gasteiger charge is -2.12. The third-order valence-corrected chi connectivity index (χ3v) is 4.77. The largest absolute Gasteiger partial charge is 0.492 e. The Balaban J connectivity index is 1.99. The van der Waals surface area contributed by atoms with Crippen LogP contribution in [-0.4, -0.2) is 22.5 Å². The molecule has 0 bridgehead atoms. The molecule has 0 fully saturated rings. The van der Waals surface area contributed by atoms with Gasteiger partial charge in [0.05, 0.1) is 18.9 Å². The number of benzene rings is 1. The van der Waals surface area contributed by atoms with E-state index in [1.54, 1.807) is 24.2 Å². The third-order valence-electron chi connectivity index (χ3n) is 2.66. The van der Waals surface area contributed by atoms with Crippen molar-refractivity contribution in [2.75, 3.05) is 12.4 Å². The topological polar surface area (TPSA) is 42.4 Å². The van der Waals surface area contributed by atoms with Gasteiger partial charge >= 0.3 is 0 Å². The van der Waals surface area contributed by atoms with E-state index in [4.69, 9.17) is 4.74 Å². The molecule has 3 nitrogen and oxygen atoms in total. The lowest BCUT2D eigenvalue weighted by molar-refractivity contribution is 0.203. The maximum Gasteiger partial charge on any atom is 0.137 e. The molecule has 1 N–H and O–H groups in total. The van der Waals surface area contributed by atoms with Crippen LogP contribution in [0, 0.1) is 0 Å². The normalized spacial score (nSPS) is 12.2. The molecule has 0 aliphatic rings. The third kappa shape index (κ3) is 4.23. The summed E-state index contributed by atoms with van der Waals surface area (Å²) in [5.41, 5.74) is 0.774. The Morgan fingerprint density at radius 1 is 1.35 bits per heavy atom. The molecular weight excluding hydrogens is 338 g/mol. The number of aliphatic hydroxyl groups excluding tert-OH is 1. The van der Waals surface area contributed by atoms with E-state index in [2.05, 4.69) is 20.9 Å². The van der Waals surface area contributed by atoms with E-state index in [1.165, 1.54) is 0 Å². The first-order chi connectivity index (χ1) is 9.70. The molecule has 0 aliphatic carbocycles. The second-order valence-corrected chi connectivity index (χ2v) is 6.06. The zero-order chi connectivity index (χ0) is 14.4. The van der Waals surface area contributed by atoms with Gasteiger partial charge in [0, 0.05) is 26.9 Å². The molecule has 5 heteroatoms. The molecule has 0 saturated carbocycles. The summed E-state index contributed by atoms with van der Waals surface area (Å²) in [7, 11) is 0. The lowest BCUT2D eigenvalue weighted by Crippen LogP contribution is -2.02. The summed E-state index contributed by atoms with van der Waals surface area (Å²) >= 11 is 5.10. The molecule has 1 heterocycles. The van der Waals surface area contributed by atoms with Gasteiger partial charge in [-0.1, -0.05) is 12.1 Å². The zero-order valence-corrected chi connectivity index (χ0v) is 13.5. The van der Waals surface area contributed by atoms with Crippen LogP contribution in [-0.2, 0) is 0 Å². The highest BCUT2D eigenvalue weighted by atomic mass is 79.9. The number of rotatable bonds is 6. The maximum absolute atomic E-state index is 10.2. The number of aliphatic hydroxyl groups is 1. The molecule has 1 aromatic carbocycles. The quantitative estimate of drug-likeness (QED) is 0.794. The Bertz CT molecular complexity index is 565. The molecule has 0 saturated heterocycles. The standard InChI is InChI=1S/C15H16BrNO2S/c1-2-19-12-7-11(8-17-9-12)14(18)10-20-15-6-4-3-5-13(15)16/h3-9,14,18H,2,10H2,1H3. The maximum atomic E-state index is 10.2. The number of thioether (sulfide) groups is 1. The SMILES string of the molecule is CCOc1cncc(C(O)CSc2ccccc2Br)c1. The van der Waals surface area contributed by atoms with Gasteiger partial charge in [0.2, 0.25) is 0 Å². The van der Waals surface area contributed by atoms with Crippen molar-refractivity contribution < 1.29 is 9.84 Å². The van der Waals surface area contributed by atoms with Gasteiger partial charge in [-0.15, -0.1) is 11.8 Å². The van der Waals surface area contributed by atoms with Gasteiger partial charge in [-0.3, -0.25) is 4.98 Å². The monoisotopic (exact) mass is 353 g/mol. The average Bonchev–Trinajstić information content (AvgIpc) is 2.47. The van der Waals surface area contributed by atoms with E-state index in [9.17, 15) is 5.11 Å². The van der Waals surface area contributed by atoms with Gasteiger partial charge in [0.1, 0.15) is 5.75 Å². The van der Waals surface area contributed by atoms with Gasteiger partial charge in [-0.05, 0) is 41.1 Å². The predicted octanol–water partition coefficient (Wildman–Crippen LogP) is 4.07. The molecular formula is C15H16BrNO2S. The van der Waals surface area contributed by atoms with E-state index in [1.807, 2.05) is 37.3 Å². The number of ether oxygens (including phenoxy) is 1. The second kappa shape index (κ2) is 7.67. The van der Waals surface area contributed by atoms with Crippen LogP contribution in [0.1, 0.15) is 18.6 Å². The minimum Gasteiger partial charge on any atom is -0.492 e. The number of pyridine rings is 1. The summed E-state index contributed by atoms with van der Waals surface area (Å²) in [6.45, 7) is 2.51. The van der Waals surface area contributed by atoms with Crippen LogP contribution in [0.15, 0.2) is 52.1 Å². The first kappa shape index (κ1) is 15.4. The van der Waals surface area contributed by atoms with E-state index < -0.39 is 6.10 Å². The first-order valence-corrected chi connectivity index (χ1v) is 8.11. The summed E-state index contributed by atoms with van der Waals surface area (Å²) in [6.07, 6.45) is 2.76. The van der Waals surface area contributed by atoms with Crippen LogP contribution in [0.4, 0.5) is 0 Å². The lowest BCUT2D eigenvalue weighted by atomic mass is 10.2. The molecule has 1 unspecified atom stereocenters. The summed E-state index contributed by atoms with van der Waals surface area (Å²) in [6, 6.07) is 9.81. The van der Waals surface area contributed by atoms with E-state index >= 15 is 0 Å². The predicted molar refractivity (Wildman–Crippen MR) is 85.2 cm³/mol. The molecule has 2 rings (SSSR count). The average molecular weight is 354 g/mol. The van der Waals surface area contributed by atoms with Crippen LogP contribution in [0.25, 0.3) is 0 Å². The highest BCUT2D eigenvalue weighted by molar-refractivity contribution is 9.10. The first-order valence-electron chi connectivity index (χ1n) is 6.34. The number of nitrogens with zero attached hydrogens (tertiary/aromatic N) is 1. The Morgan fingerprint density at radius 2 is 2.15 bits per heavy atom. The molecule has 0 aliphatic heterocycles. The molecule has 0 spiro atoms. The van der Waals surface area contributed by atoms with Crippen LogP contribution >= 0.6 is 27.7 Å². The second-order valence-electron chi connectivity index (χ2n) is 4.14. The minimum atomic E-state index is -0.569. The van der Waals surface area contributed by atoms with Crippen molar-refractivity contribution in [3.05, 3.63) is 52.8 Å². The molecule has 106 valence electrons. The van der Waals surface area contributed by atoms with Crippen LogP contribution < -0.4 is 4.74 Å². The fourth-order valence-corrected chi connectivity index (χ4v) is 3.23. The molecule has 0 radical (unpaired) electrons. The van der Waals surface area contributed by atoms with Crippen LogP contribution in [0.2, 0.25) is 0 Å². The number of hydrogen-bond donors (Lipinski definition) is 1. The summed E-state index contributed by atoms with van der Waals surface area (Å²) in [4.78, 5) is 5.20. The summed E-state index contributed by atoms with van der Waals surface area (Å²) in [5, 5.41) is 10.2. The van der Waals surface area contributed by atoms with E-state index in [0.717, 1.165) is 14.9 Å². The van der Waals surface area contributed by atoms with Gasteiger partial charge in [-0.2, -0.15) is 0 Å². The van der Waals surface area contributed by atoms with Crippen molar-refractivity contribution in [3.8, 4) is 5.75 Å². The van der Waals surface area contributed by atoms with Crippen LogP contribution in [0.3, 0.4) is 0 Å². The van der Waals surface area contributed by atoms with Crippen molar-refractivity contribution in [1.29, 1.82) is 0 Å². The Hall–Kier alpha value is -1.04. The molecule has 1 aromatic heterocycles. The molecule has 1 atom stereocenters.